The highest BCUT2D eigenvalue weighted by Crippen LogP contribution is 2.29. The molecule has 0 nitrogen and oxygen atoms in total. The van der Waals surface area contributed by atoms with Crippen LogP contribution in [0, 0.1) is 5.92 Å². The van der Waals surface area contributed by atoms with Gasteiger partial charge in [0.1, 0.15) is 0 Å². The summed E-state index contributed by atoms with van der Waals surface area (Å²) in [6, 6.07) is 9.49. The van der Waals surface area contributed by atoms with Crippen molar-refractivity contribution in [2.75, 3.05) is 0 Å². The van der Waals surface area contributed by atoms with Gasteiger partial charge in [-0.05, 0) is 48.6 Å². The van der Waals surface area contributed by atoms with Crippen LogP contribution in [0.2, 0.25) is 0 Å². The smallest absolute Gasteiger partial charge is 0.0167 e. The van der Waals surface area contributed by atoms with E-state index in [0.717, 1.165) is 11.8 Å². The van der Waals surface area contributed by atoms with Crippen LogP contribution in [0.25, 0.3) is 0 Å². The SMILES string of the molecule is CCC(CC)c1ccc(CCCCCCCCCCC2CCCC2)cc1. The van der Waals surface area contributed by atoms with Crippen LogP contribution in [-0.4, -0.2) is 0 Å². The number of benzene rings is 1. The van der Waals surface area contributed by atoms with Crippen LogP contribution in [0.4, 0.5) is 0 Å². The van der Waals surface area contributed by atoms with Gasteiger partial charge in [-0.15, -0.1) is 0 Å². The average molecular weight is 357 g/mol. The van der Waals surface area contributed by atoms with Crippen LogP contribution in [0.15, 0.2) is 24.3 Å². The molecule has 148 valence electrons. The molecule has 26 heavy (non-hydrogen) atoms. The molecular weight excluding hydrogens is 312 g/mol. The highest BCUT2D eigenvalue weighted by Gasteiger charge is 2.13. The van der Waals surface area contributed by atoms with Crippen LogP contribution in [0.1, 0.15) is 127 Å². The molecule has 0 atom stereocenters. The first-order valence-electron chi connectivity index (χ1n) is 11.9. The fourth-order valence-electron chi connectivity index (χ4n) is 4.84. The van der Waals surface area contributed by atoms with Crippen molar-refractivity contribution in [1.82, 2.24) is 0 Å². The quantitative estimate of drug-likeness (QED) is 0.292. The molecule has 1 fully saturated rings. The fourth-order valence-corrected chi connectivity index (χ4v) is 4.84. The van der Waals surface area contributed by atoms with E-state index in [-0.39, 0.29) is 0 Å². The van der Waals surface area contributed by atoms with E-state index >= 15 is 0 Å². The molecule has 0 spiro atoms. The number of rotatable bonds is 14. The second kappa shape index (κ2) is 13.4. The first-order valence-corrected chi connectivity index (χ1v) is 11.9. The lowest BCUT2D eigenvalue weighted by Gasteiger charge is -2.13. The monoisotopic (exact) mass is 356 g/mol. The zero-order valence-electron chi connectivity index (χ0n) is 17.8. The molecule has 0 aromatic heterocycles. The highest BCUT2D eigenvalue weighted by atomic mass is 14.2. The molecule has 0 saturated heterocycles. The molecule has 1 aliphatic rings. The van der Waals surface area contributed by atoms with Crippen molar-refractivity contribution in [1.29, 1.82) is 0 Å². The van der Waals surface area contributed by atoms with Crippen molar-refractivity contribution in [3.8, 4) is 0 Å². The lowest BCUT2D eigenvalue weighted by molar-refractivity contribution is 0.460. The van der Waals surface area contributed by atoms with Crippen LogP contribution in [-0.2, 0) is 6.42 Å². The Kier molecular flexibility index (Phi) is 11.1. The Bertz CT molecular complexity index is 434. The minimum Gasteiger partial charge on any atom is -0.0648 e. The van der Waals surface area contributed by atoms with E-state index in [2.05, 4.69) is 38.1 Å². The van der Waals surface area contributed by atoms with Crippen LogP contribution in [0.5, 0.6) is 0 Å². The van der Waals surface area contributed by atoms with Gasteiger partial charge in [0.15, 0.2) is 0 Å². The maximum absolute atomic E-state index is 2.37. The Morgan fingerprint density at radius 3 is 1.85 bits per heavy atom. The molecule has 0 N–H and O–H groups in total. The molecule has 0 heterocycles. The second-order valence-corrected chi connectivity index (χ2v) is 8.77. The standard InChI is InChI=1S/C26H44/c1-3-25(4-2)26-21-19-24(20-22-26)16-12-10-8-6-5-7-9-11-15-23-17-13-14-18-23/h19-23,25H,3-18H2,1-2H3. The third-order valence-corrected chi connectivity index (χ3v) is 6.74. The minimum atomic E-state index is 0.752. The lowest BCUT2D eigenvalue weighted by atomic mass is 9.92. The summed E-state index contributed by atoms with van der Waals surface area (Å²) in [5.74, 6) is 1.85. The van der Waals surface area contributed by atoms with Crippen molar-refractivity contribution in [2.45, 2.75) is 122 Å². The molecule has 0 bridgehead atoms. The first kappa shape index (κ1) is 21.5. The predicted molar refractivity (Wildman–Crippen MR) is 117 cm³/mol. The number of hydrogen-bond acceptors (Lipinski definition) is 0. The summed E-state index contributed by atoms with van der Waals surface area (Å²) < 4.78 is 0. The van der Waals surface area contributed by atoms with Crippen molar-refractivity contribution in [2.24, 2.45) is 5.92 Å². The van der Waals surface area contributed by atoms with Gasteiger partial charge in [0.25, 0.3) is 0 Å². The normalized spacial score (nSPS) is 15.2. The van der Waals surface area contributed by atoms with Crippen molar-refractivity contribution < 1.29 is 0 Å². The molecule has 1 aromatic rings. The number of unbranched alkanes of at least 4 members (excludes halogenated alkanes) is 7. The number of hydrogen-bond donors (Lipinski definition) is 0. The third kappa shape index (κ3) is 8.28. The fraction of sp³-hybridized carbons (Fsp3) is 0.769. The molecular formula is C26H44. The van der Waals surface area contributed by atoms with E-state index < -0.39 is 0 Å². The zero-order valence-corrected chi connectivity index (χ0v) is 17.8. The minimum absolute atomic E-state index is 0.752. The van der Waals surface area contributed by atoms with Gasteiger partial charge < -0.3 is 0 Å². The molecule has 1 saturated carbocycles. The summed E-state index contributed by atoms with van der Waals surface area (Å²) in [6.45, 7) is 4.61. The van der Waals surface area contributed by atoms with E-state index in [1.807, 2.05) is 0 Å². The van der Waals surface area contributed by atoms with E-state index in [1.54, 1.807) is 0 Å². The number of aryl methyl sites for hydroxylation is 1. The highest BCUT2D eigenvalue weighted by molar-refractivity contribution is 5.25. The lowest BCUT2D eigenvalue weighted by Crippen LogP contribution is -1.95. The summed E-state index contributed by atoms with van der Waals surface area (Å²) in [6.07, 6.45) is 23.0. The molecule has 1 aliphatic carbocycles. The van der Waals surface area contributed by atoms with Gasteiger partial charge in [0, 0.05) is 0 Å². The second-order valence-electron chi connectivity index (χ2n) is 8.77. The Hall–Kier alpha value is -0.780. The summed E-state index contributed by atoms with van der Waals surface area (Å²) in [5.41, 5.74) is 3.07. The molecule has 0 unspecified atom stereocenters. The molecule has 0 heteroatoms. The van der Waals surface area contributed by atoms with Crippen molar-refractivity contribution >= 4 is 0 Å². The largest absolute Gasteiger partial charge is 0.0648 e. The predicted octanol–water partition coefficient (Wildman–Crippen LogP) is 8.83. The van der Waals surface area contributed by atoms with Crippen molar-refractivity contribution in [3.05, 3.63) is 35.4 Å². The van der Waals surface area contributed by atoms with Crippen molar-refractivity contribution in [3.63, 3.8) is 0 Å². The summed E-state index contributed by atoms with van der Waals surface area (Å²) >= 11 is 0. The van der Waals surface area contributed by atoms with Crippen LogP contribution in [0.3, 0.4) is 0 Å². The van der Waals surface area contributed by atoms with Gasteiger partial charge in [-0.2, -0.15) is 0 Å². The Morgan fingerprint density at radius 2 is 1.27 bits per heavy atom. The van der Waals surface area contributed by atoms with Gasteiger partial charge in [-0.25, -0.2) is 0 Å². The zero-order chi connectivity index (χ0) is 18.5. The van der Waals surface area contributed by atoms with E-state index in [9.17, 15) is 0 Å². The average Bonchev–Trinajstić information content (AvgIpc) is 3.19. The van der Waals surface area contributed by atoms with E-state index in [1.165, 1.54) is 114 Å². The molecule has 0 amide bonds. The topological polar surface area (TPSA) is 0 Å². The molecule has 0 aliphatic heterocycles. The Morgan fingerprint density at radius 1 is 0.731 bits per heavy atom. The Labute approximate surface area is 164 Å². The molecule has 0 radical (unpaired) electrons. The van der Waals surface area contributed by atoms with Crippen LogP contribution < -0.4 is 0 Å². The van der Waals surface area contributed by atoms with E-state index in [4.69, 9.17) is 0 Å². The molecule has 1 aromatic carbocycles. The van der Waals surface area contributed by atoms with Gasteiger partial charge in [0.05, 0.1) is 0 Å². The maximum Gasteiger partial charge on any atom is -0.0167 e. The van der Waals surface area contributed by atoms with Gasteiger partial charge >= 0.3 is 0 Å². The van der Waals surface area contributed by atoms with Crippen LogP contribution >= 0.6 is 0 Å². The Balaban J connectivity index is 1.42. The van der Waals surface area contributed by atoms with Gasteiger partial charge in [-0.3, -0.25) is 0 Å². The van der Waals surface area contributed by atoms with Gasteiger partial charge in [0.2, 0.25) is 0 Å². The maximum atomic E-state index is 2.37. The van der Waals surface area contributed by atoms with Gasteiger partial charge in [-0.1, -0.05) is 115 Å². The summed E-state index contributed by atoms with van der Waals surface area (Å²) in [4.78, 5) is 0. The van der Waals surface area contributed by atoms with E-state index in [0.29, 0.717) is 0 Å². The summed E-state index contributed by atoms with van der Waals surface area (Å²) in [5, 5.41) is 0. The first-order chi connectivity index (χ1) is 12.8. The molecule has 2 rings (SSSR count). The third-order valence-electron chi connectivity index (χ3n) is 6.74. The summed E-state index contributed by atoms with van der Waals surface area (Å²) in [7, 11) is 0.